The van der Waals surface area contributed by atoms with E-state index in [9.17, 15) is 9.90 Å². The van der Waals surface area contributed by atoms with Crippen molar-refractivity contribution in [2.75, 3.05) is 20.3 Å². The molecule has 1 fully saturated rings. The van der Waals surface area contributed by atoms with Crippen LogP contribution in [0, 0.1) is 0 Å². The lowest BCUT2D eigenvalue weighted by Gasteiger charge is -2.34. The van der Waals surface area contributed by atoms with Crippen molar-refractivity contribution in [3.8, 4) is 11.5 Å². The molecule has 1 heterocycles. The van der Waals surface area contributed by atoms with Gasteiger partial charge in [0.05, 0.1) is 13.7 Å². The number of carbonyl (C=O) groups is 1. The van der Waals surface area contributed by atoms with Crippen LogP contribution in [-0.4, -0.2) is 42.3 Å². The van der Waals surface area contributed by atoms with E-state index in [1.54, 1.807) is 19.2 Å². The van der Waals surface area contributed by atoms with E-state index in [2.05, 4.69) is 4.90 Å². The molecule has 1 aliphatic heterocycles. The number of ether oxygens (including phenoxy) is 2. The number of piperidine rings is 1. The van der Waals surface area contributed by atoms with Crippen LogP contribution in [-0.2, 0) is 16.1 Å². The lowest BCUT2D eigenvalue weighted by atomic mass is 10.0. The number of esters is 1. The van der Waals surface area contributed by atoms with E-state index in [4.69, 9.17) is 9.47 Å². The first kappa shape index (κ1) is 15.6. The summed E-state index contributed by atoms with van der Waals surface area (Å²) >= 11 is 0. The van der Waals surface area contributed by atoms with Crippen LogP contribution in [0.25, 0.3) is 0 Å². The van der Waals surface area contributed by atoms with Gasteiger partial charge in [-0.25, -0.2) is 0 Å². The molecule has 0 aliphatic carbocycles. The van der Waals surface area contributed by atoms with Crippen LogP contribution in [0.4, 0.5) is 0 Å². The number of hydrogen-bond donors (Lipinski definition) is 1. The summed E-state index contributed by atoms with van der Waals surface area (Å²) in [4.78, 5) is 14.1. The number of benzene rings is 1. The fraction of sp³-hybridized carbons (Fsp3) is 0.562. The summed E-state index contributed by atoms with van der Waals surface area (Å²) in [5, 5.41) is 9.99. The molecule has 1 aromatic rings. The number of aromatic hydroxyl groups is 1. The Morgan fingerprint density at radius 1 is 1.43 bits per heavy atom. The van der Waals surface area contributed by atoms with E-state index in [-0.39, 0.29) is 17.8 Å². The molecule has 1 unspecified atom stereocenters. The SMILES string of the molecule is CCOC(=O)C1CCCCN1Cc1cc(OC)ccc1O. The fourth-order valence-corrected chi connectivity index (χ4v) is 2.72. The Morgan fingerprint density at radius 3 is 2.95 bits per heavy atom. The zero-order chi connectivity index (χ0) is 15.2. The van der Waals surface area contributed by atoms with Gasteiger partial charge in [0.1, 0.15) is 17.5 Å². The molecule has 2 rings (SSSR count). The molecule has 0 amide bonds. The molecule has 0 bridgehead atoms. The molecular weight excluding hydrogens is 270 g/mol. The van der Waals surface area contributed by atoms with Crippen LogP contribution in [0.2, 0.25) is 0 Å². The van der Waals surface area contributed by atoms with Crippen LogP contribution >= 0.6 is 0 Å². The van der Waals surface area contributed by atoms with Gasteiger partial charge in [-0.05, 0) is 44.5 Å². The van der Waals surface area contributed by atoms with Gasteiger partial charge in [0.2, 0.25) is 0 Å². The van der Waals surface area contributed by atoms with Crippen molar-refractivity contribution in [2.24, 2.45) is 0 Å². The van der Waals surface area contributed by atoms with Crippen LogP contribution in [0.5, 0.6) is 11.5 Å². The molecule has 5 nitrogen and oxygen atoms in total. The Bertz CT molecular complexity index is 489. The lowest BCUT2D eigenvalue weighted by molar-refractivity contribution is -0.151. The smallest absolute Gasteiger partial charge is 0.323 e. The third kappa shape index (κ3) is 3.88. The van der Waals surface area contributed by atoms with E-state index >= 15 is 0 Å². The maximum Gasteiger partial charge on any atom is 0.323 e. The first-order valence-corrected chi connectivity index (χ1v) is 7.42. The minimum absolute atomic E-state index is 0.167. The van der Waals surface area contributed by atoms with Crippen LogP contribution in [0.15, 0.2) is 18.2 Å². The highest BCUT2D eigenvalue weighted by Gasteiger charge is 2.30. The summed E-state index contributed by atoms with van der Waals surface area (Å²) in [6.07, 6.45) is 2.90. The number of phenols is 1. The molecule has 1 aliphatic rings. The van der Waals surface area contributed by atoms with Crippen molar-refractivity contribution in [3.05, 3.63) is 23.8 Å². The Balaban J connectivity index is 2.13. The summed E-state index contributed by atoms with van der Waals surface area (Å²) in [5.74, 6) is 0.760. The number of phenolic OH excluding ortho intramolecular Hbond substituents is 1. The number of likely N-dealkylation sites (tertiary alicyclic amines) is 1. The molecule has 1 saturated heterocycles. The number of rotatable bonds is 5. The van der Waals surface area contributed by atoms with E-state index < -0.39 is 0 Å². The third-order valence-corrected chi connectivity index (χ3v) is 3.83. The Labute approximate surface area is 125 Å². The van der Waals surface area contributed by atoms with Gasteiger partial charge in [-0.2, -0.15) is 0 Å². The van der Waals surface area contributed by atoms with Crippen molar-refractivity contribution in [2.45, 2.75) is 38.8 Å². The molecule has 0 aromatic heterocycles. The summed E-state index contributed by atoms with van der Waals surface area (Å²) in [5.41, 5.74) is 0.769. The number of carbonyl (C=O) groups excluding carboxylic acids is 1. The van der Waals surface area contributed by atoms with Crippen molar-refractivity contribution in [3.63, 3.8) is 0 Å². The second kappa shape index (κ2) is 7.31. The molecule has 5 heteroatoms. The average molecular weight is 293 g/mol. The second-order valence-electron chi connectivity index (χ2n) is 5.23. The molecule has 1 N–H and O–H groups in total. The predicted octanol–water partition coefficient (Wildman–Crippen LogP) is 2.32. The molecular formula is C16H23NO4. The van der Waals surface area contributed by atoms with Crippen LogP contribution in [0.1, 0.15) is 31.7 Å². The maximum atomic E-state index is 12.1. The Kier molecular flexibility index (Phi) is 5.44. The molecule has 116 valence electrons. The highest BCUT2D eigenvalue weighted by Crippen LogP contribution is 2.27. The second-order valence-corrected chi connectivity index (χ2v) is 5.23. The zero-order valence-corrected chi connectivity index (χ0v) is 12.7. The standard InChI is InChI=1S/C16H23NO4/c1-3-21-16(19)14-6-4-5-9-17(14)11-12-10-13(20-2)7-8-15(12)18/h7-8,10,14,18H,3-6,9,11H2,1-2H3. The predicted molar refractivity (Wildman–Crippen MR) is 79.3 cm³/mol. The first-order chi connectivity index (χ1) is 10.2. The Morgan fingerprint density at radius 2 is 2.24 bits per heavy atom. The van der Waals surface area contributed by atoms with E-state index in [1.807, 2.05) is 13.0 Å². The monoisotopic (exact) mass is 293 g/mol. The summed E-state index contributed by atoms with van der Waals surface area (Å²) in [6, 6.07) is 4.94. The Hall–Kier alpha value is -1.75. The summed E-state index contributed by atoms with van der Waals surface area (Å²) in [7, 11) is 1.60. The highest BCUT2D eigenvalue weighted by atomic mass is 16.5. The van der Waals surface area contributed by atoms with Crippen LogP contribution in [0.3, 0.4) is 0 Å². The minimum atomic E-state index is -0.218. The van der Waals surface area contributed by atoms with Crippen molar-refractivity contribution < 1.29 is 19.4 Å². The van der Waals surface area contributed by atoms with Gasteiger partial charge >= 0.3 is 5.97 Å². The van der Waals surface area contributed by atoms with E-state index in [0.717, 1.165) is 31.4 Å². The van der Waals surface area contributed by atoms with Gasteiger partial charge in [0.15, 0.2) is 0 Å². The normalized spacial score (nSPS) is 19.2. The van der Waals surface area contributed by atoms with Gasteiger partial charge in [0, 0.05) is 12.1 Å². The topological polar surface area (TPSA) is 59.0 Å². The van der Waals surface area contributed by atoms with Gasteiger partial charge in [-0.15, -0.1) is 0 Å². The third-order valence-electron chi connectivity index (χ3n) is 3.83. The van der Waals surface area contributed by atoms with Crippen LogP contribution < -0.4 is 4.74 Å². The first-order valence-electron chi connectivity index (χ1n) is 7.42. The van der Waals surface area contributed by atoms with Gasteiger partial charge in [-0.1, -0.05) is 6.42 Å². The van der Waals surface area contributed by atoms with Gasteiger partial charge in [-0.3, -0.25) is 9.69 Å². The quantitative estimate of drug-likeness (QED) is 0.844. The molecule has 1 aromatic carbocycles. The lowest BCUT2D eigenvalue weighted by Crippen LogP contribution is -2.44. The van der Waals surface area contributed by atoms with Crippen molar-refractivity contribution >= 4 is 5.97 Å². The molecule has 0 spiro atoms. The molecule has 21 heavy (non-hydrogen) atoms. The average Bonchev–Trinajstić information content (AvgIpc) is 2.50. The van der Waals surface area contributed by atoms with Gasteiger partial charge < -0.3 is 14.6 Å². The maximum absolute atomic E-state index is 12.1. The van der Waals surface area contributed by atoms with Gasteiger partial charge in [0.25, 0.3) is 0 Å². The van der Waals surface area contributed by atoms with Crippen molar-refractivity contribution in [1.82, 2.24) is 4.90 Å². The molecule has 1 atom stereocenters. The molecule has 0 saturated carbocycles. The summed E-state index contributed by atoms with van der Waals surface area (Å²) < 4.78 is 10.3. The van der Waals surface area contributed by atoms with Crippen molar-refractivity contribution in [1.29, 1.82) is 0 Å². The molecule has 0 radical (unpaired) electrons. The van der Waals surface area contributed by atoms with E-state index in [0.29, 0.717) is 18.9 Å². The van der Waals surface area contributed by atoms with E-state index in [1.165, 1.54) is 0 Å². The summed E-state index contributed by atoms with van der Waals surface area (Å²) in [6.45, 7) is 3.57. The number of methoxy groups -OCH3 is 1. The number of nitrogens with zero attached hydrogens (tertiary/aromatic N) is 1. The minimum Gasteiger partial charge on any atom is -0.508 e. The number of hydrogen-bond acceptors (Lipinski definition) is 5. The highest BCUT2D eigenvalue weighted by molar-refractivity contribution is 5.75. The largest absolute Gasteiger partial charge is 0.508 e. The zero-order valence-electron chi connectivity index (χ0n) is 12.7. The fourth-order valence-electron chi connectivity index (χ4n) is 2.72.